The third kappa shape index (κ3) is 2.37. The molecule has 1 saturated carbocycles. The van der Waals surface area contributed by atoms with Gasteiger partial charge in [-0.3, -0.25) is 9.59 Å². The molecule has 2 unspecified atom stereocenters. The summed E-state index contributed by atoms with van der Waals surface area (Å²) in [5, 5.41) is 2.83. The molecule has 0 spiro atoms. The van der Waals surface area contributed by atoms with Crippen molar-refractivity contribution in [2.45, 2.75) is 50.4 Å². The van der Waals surface area contributed by atoms with E-state index in [0.717, 1.165) is 12.8 Å². The summed E-state index contributed by atoms with van der Waals surface area (Å²) < 4.78 is 0.211. The molecule has 0 bridgehead atoms. The Morgan fingerprint density at radius 2 is 2.06 bits per heavy atom. The predicted molar refractivity (Wildman–Crippen MR) is 73.4 cm³/mol. The quantitative estimate of drug-likeness (QED) is 0.836. The van der Waals surface area contributed by atoms with Crippen molar-refractivity contribution in [3.05, 3.63) is 0 Å². The normalized spacial score (nSPS) is 30.6. The van der Waals surface area contributed by atoms with E-state index in [1.165, 1.54) is 0 Å². The van der Waals surface area contributed by atoms with Gasteiger partial charge in [-0.25, -0.2) is 0 Å². The molecule has 5 heteroatoms. The molecule has 4 nitrogen and oxygen atoms in total. The van der Waals surface area contributed by atoms with E-state index < -0.39 is 0 Å². The first-order chi connectivity index (χ1) is 8.40. The fourth-order valence-electron chi connectivity index (χ4n) is 2.39. The van der Waals surface area contributed by atoms with Gasteiger partial charge in [0, 0.05) is 11.3 Å². The highest BCUT2D eigenvalue weighted by Crippen LogP contribution is 2.48. The van der Waals surface area contributed by atoms with Crippen LogP contribution in [0.5, 0.6) is 0 Å². The van der Waals surface area contributed by atoms with Crippen LogP contribution in [-0.2, 0) is 9.59 Å². The molecule has 0 aromatic carbocycles. The van der Waals surface area contributed by atoms with Crippen LogP contribution in [0.15, 0.2) is 0 Å². The fraction of sp³-hybridized carbons (Fsp3) is 0.846. The minimum atomic E-state index is -0.355. The second kappa shape index (κ2) is 4.76. The predicted octanol–water partition coefficient (Wildman–Crippen LogP) is 1.25. The fourth-order valence-corrected chi connectivity index (χ4v) is 3.17. The zero-order valence-electron chi connectivity index (χ0n) is 11.5. The SMILES string of the molecule is CSC1(CN2C(=O)C(C(C)C)NC(=O)C2C)CC1. The van der Waals surface area contributed by atoms with Crippen LogP contribution < -0.4 is 5.32 Å². The van der Waals surface area contributed by atoms with Crippen molar-refractivity contribution in [1.29, 1.82) is 0 Å². The molecular weight excluding hydrogens is 248 g/mol. The molecule has 0 aromatic heterocycles. The summed E-state index contributed by atoms with van der Waals surface area (Å²) in [6.45, 7) is 6.47. The molecule has 0 aromatic rings. The molecular formula is C13H22N2O2S. The van der Waals surface area contributed by atoms with Crippen LogP contribution in [0.2, 0.25) is 0 Å². The van der Waals surface area contributed by atoms with Crippen LogP contribution in [0, 0.1) is 5.92 Å². The van der Waals surface area contributed by atoms with E-state index in [1.54, 1.807) is 4.90 Å². The van der Waals surface area contributed by atoms with Crippen LogP contribution >= 0.6 is 11.8 Å². The Kier molecular flexibility index (Phi) is 3.63. The maximum atomic E-state index is 12.4. The molecule has 2 fully saturated rings. The Hall–Kier alpha value is -0.710. The summed E-state index contributed by atoms with van der Waals surface area (Å²) in [5.74, 6) is 0.198. The Morgan fingerprint density at radius 1 is 1.44 bits per heavy atom. The third-order valence-electron chi connectivity index (χ3n) is 4.06. The van der Waals surface area contributed by atoms with Gasteiger partial charge in [-0.05, 0) is 31.9 Å². The van der Waals surface area contributed by atoms with Crippen molar-refractivity contribution >= 4 is 23.6 Å². The number of nitrogens with one attached hydrogen (secondary N) is 1. The van der Waals surface area contributed by atoms with Crippen LogP contribution in [0.4, 0.5) is 0 Å². The first-order valence-electron chi connectivity index (χ1n) is 6.56. The van der Waals surface area contributed by atoms with Gasteiger partial charge >= 0.3 is 0 Å². The van der Waals surface area contributed by atoms with Crippen LogP contribution in [0.25, 0.3) is 0 Å². The van der Waals surface area contributed by atoms with E-state index >= 15 is 0 Å². The van der Waals surface area contributed by atoms with Crippen LogP contribution in [0.3, 0.4) is 0 Å². The zero-order valence-corrected chi connectivity index (χ0v) is 12.3. The van der Waals surface area contributed by atoms with E-state index in [-0.39, 0.29) is 34.6 Å². The van der Waals surface area contributed by atoms with Gasteiger partial charge in [-0.1, -0.05) is 13.8 Å². The van der Waals surface area contributed by atoms with Crippen LogP contribution in [-0.4, -0.2) is 46.3 Å². The Balaban J connectivity index is 2.15. The van der Waals surface area contributed by atoms with E-state index in [2.05, 4.69) is 11.6 Å². The van der Waals surface area contributed by atoms with E-state index in [9.17, 15) is 9.59 Å². The largest absolute Gasteiger partial charge is 0.342 e. The first kappa shape index (κ1) is 13.7. The summed E-state index contributed by atoms with van der Waals surface area (Å²) in [7, 11) is 0. The van der Waals surface area contributed by atoms with Crippen molar-refractivity contribution in [2.24, 2.45) is 5.92 Å². The van der Waals surface area contributed by atoms with Crippen LogP contribution in [0.1, 0.15) is 33.6 Å². The number of nitrogens with zero attached hydrogens (tertiary/aromatic N) is 1. The molecule has 102 valence electrons. The molecule has 1 heterocycles. The van der Waals surface area contributed by atoms with Crippen molar-refractivity contribution in [1.82, 2.24) is 10.2 Å². The molecule has 1 saturated heterocycles. The Morgan fingerprint density at radius 3 is 2.50 bits per heavy atom. The molecule has 2 amide bonds. The lowest BCUT2D eigenvalue weighted by molar-refractivity contribution is -0.149. The Bertz CT molecular complexity index is 366. The zero-order chi connectivity index (χ0) is 13.5. The third-order valence-corrected chi connectivity index (χ3v) is 5.46. The Labute approximate surface area is 113 Å². The van der Waals surface area contributed by atoms with Gasteiger partial charge in [0.15, 0.2) is 0 Å². The topological polar surface area (TPSA) is 49.4 Å². The average molecular weight is 270 g/mol. The van der Waals surface area contributed by atoms with E-state index in [1.807, 2.05) is 32.5 Å². The van der Waals surface area contributed by atoms with Gasteiger partial charge in [0.25, 0.3) is 0 Å². The van der Waals surface area contributed by atoms with Crippen molar-refractivity contribution < 1.29 is 9.59 Å². The maximum absolute atomic E-state index is 12.4. The number of carbonyl (C=O) groups excluding carboxylic acids is 2. The van der Waals surface area contributed by atoms with Crippen molar-refractivity contribution in [3.63, 3.8) is 0 Å². The minimum Gasteiger partial charge on any atom is -0.342 e. The summed E-state index contributed by atoms with van der Waals surface area (Å²) >= 11 is 1.82. The number of hydrogen-bond acceptors (Lipinski definition) is 3. The number of carbonyl (C=O) groups is 2. The van der Waals surface area contributed by atoms with Gasteiger partial charge in [0.2, 0.25) is 11.8 Å². The van der Waals surface area contributed by atoms with E-state index in [0.29, 0.717) is 6.54 Å². The van der Waals surface area contributed by atoms with Crippen molar-refractivity contribution in [2.75, 3.05) is 12.8 Å². The lowest BCUT2D eigenvalue weighted by atomic mass is 9.98. The second-order valence-corrected chi connectivity index (χ2v) is 7.03. The van der Waals surface area contributed by atoms with Gasteiger partial charge < -0.3 is 10.2 Å². The van der Waals surface area contributed by atoms with Gasteiger partial charge in [-0.15, -0.1) is 0 Å². The number of hydrogen-bond donors (Lipinski definition) is 1. The highest BCUT2D eigenvalue weighted by Gasteiger charge is 2.48. The molecule has 2 rings (SSSR count). The maximum Gasteiger partial charge on any atom is 0.246 e. The summed E-state index contributed by atoms with van der Waals surface area (Å²) in [6.07, 6.45) is 4.39. The molecule has 0 radical (unpaired) electrons. The second-order valence-electron chi connectivity index (χ2n) is 5.76. The molecule has 18 heavy (non-hydrogen) atoms. The number of amides is 2. The molecule has 1 aliphatic heterocycles. The smallest absolute Gasteiger partial charge is 0.246 e. The summed E-state index contributed by atoms with van der Waals surface area (Å²) in [5.41, 5.74) is 0. The van der Waals surface area contributed by atoms with Gasteiger partial charge in [0.1, 0.15) is 12.1 Å². The van der Waals surface area contributed by atoms with E-state index in [4.69, 9.17) is 0 Å². The lowest BCUT2D eigenvalue weighted by Gasteiger charge is -2.40. The number of thioether (sulfide) groups is 1. The molecule has 1 aliphatic carbocycles. The molecule has 2 aliphatic rings. The minimum absolute atomic E-state index is 0.0230. The highest BCUT2D eigenvalue weighted by molar-refractivity contribution is 8.00. The molecule has 2 atom stereocenters. The van der Waals surface area contributed by atoms with Gasteiger partial charge in [-0.2, -0.15) is 11.8 Å². The summed E-state index contributed by atoms with van der Waals surface area (Å²) in [6, 6.07) is -0.691. The standard InChI is InChI=1S/C13H22N2O2S/c1-8(2)10-12(17)15(9(3)11(16)14-10)7-13(18-4)5-6-13/h8-10H,5-7H2,1-4H3,(H,14,16). The molecule has 1 N–H and O–H groups in total. The average Bonchev–Trinajstić information content (AvgIpc) is 3.09. The highest BCUT2D eigenvalue weighted by atomic mass is 32.2. The number of rotatable bonds is 4. The number of piperazine rings is 1. The monoisotopic (exact) mass is 270 g/mol. The van der Waals surface area contributed by atoms with Gasteiger partial charge in [0.05, 0.1) is 0 Å². The van der Waals surface area contributed by atoms with Crippen molar-refractivity contribution in [3.8, 4) is 0 Å². The first-order valence-corrected chi connectivity index (χ1v) is 7.79. The summed E-state index contributed by atoms with van der Waals surface area (Å²) in [4.78, 5) is 26.2. The lowest BCUT2D eigenvalue weighted by Crippen LogP contribution is -2.64.